The van der Waals surface area contributed by atoms with Crippen LogP contribution < -0.4 is 4.74 Å². The fourth-order valence-corrected chi connectivity index (χ4v) is 5.49. The quantitative estimate of drug-likeness (QED) is 0.277. The lowest BCUT2D eigenvalue weighted by Crippen LogP contribution is -2.31. The molecule has 0 N–H and O–H groups in total. The number of carbonyl (C=O) groups excluding carboxylic acids is 1. The van der Waals surface area contributed by atoms with E-state index in [4.69, 9.17) is 13.9 Å². The molecule has 194 valence electrons. The number of rotatable bonds is 12. The van der Waals surface area contributed by atoms with Gasteiger partial charge in [-0.15, -0.1) is 0 Å². The van der Waals surface area contributed by atoms with Crippen molar-refractivity contribution >= 4 is 15.7 Å². The molecule has 9 nitrogen and oxygen atoms in total. The maximum atomic E-state index is 13.4. The van der Waals surface area contributed by atoms with Gasteiger partial charge in [0, 0.05) is 19.2 Å². The van der Waals surface area contributed by atoms with Crippen molar-refractivity contribution in [3.63, 3.8) is 0 Å². The number of furan rings is 1. The van der Waals surface area contributed by atoms with Gasteiger partial charge in [0.15, 0.2) is 0 Å². The minimum Gasteiger partial charge on any atom is -0.497 e. The standard InChI is InChI=1S/C27H29N3O6S/c1-34-15-13-30-23(17-28-27(30)37(32,33)20-21-8-6-11-24(16-21)35-2)18-29(19-25-12-7-14-36-25)26(31)22-9-4-3-5-10-22/h3-12,14,16-17H,13,15,18-20H2,1-2H3. The summed E-state index contributed by atoms with van der Waals surface area (Å²) in [5.74, 6) is 0.728. The first-order valence-corrected chi connectivity index (χ1v) is 13.3. The second-order valence-corrected chi connectivity index (χ2v) is 10.3. The SMILES string of the molecule is COCCn1c(CN(Cc2ccco2)C(=O)c2ccccc2)cnc1S(=O)(=O)Cc1cccc(OC)c1. The van der Waals surface area contributed by atoms with E-state index >= 15 is 0 Å². The van der Waals surface area contributed by atoms with E-state index in [1.54, 1.807) is 83.5 Å². The van der Waals surface area contributed by atoms with Crippen LogP contribution in [0.5, 0.6) is 5.75 Å². The summed E-state index contributed by atoms with van der Waals surface area (Å²) < 4.78 is 44.4. The van der Waals surface area contributed by atoms with Crippen molar-refractivity contribution < 1.29 is 27.1 Å². The van der Waals surface area contributed by atoms with E-state index in [9.17, 15) is 13.2 Å². The molecule has 2 heterocycles. The predicted molar refractivity (Wildman–Crippen MR) is 137 cm³/mol. The molecule has 0 aliphatic heterocycles. The molecule has 0 bridgehead atoms. The molecule has 2 aromatic carbocycles. The second kappa shape index (κ2) is 11.9. The summed E-state index contributed by atoms with van der Waals surface area (Å²) >= 11 is 0. The molecule has 0 atom stereocenters. The highest BCUT2D eigenvalue weighted by atomic mass is 32.2. The molecule has 4 rings (SSSR count). The minimum absolute atomic E-state index is 0.0764. The van der Waals surface area contributed by atoms with Gasteiger partial charge < -0.3 is 23.4 Å². The van der Waals surface area contributed by atoms with Gasteiger partial charge in [0.05, 0.1) is 50.7 Å². The predicted octanol–water partition coefficient (Wildman–Crippen LogP) is 3.95. The van der Waals surface area contributed by atoms with Crippen LogP contribution in [0, 0.1) is 0 Å². The molecule has 0 spiro atoms. The van der Waals surface area contributed by atoms with Crippen molar-refractivity contribution in [1.29, 1.82) is 0 Å². The third kappa shape index (κ3) is 6.46. The summed E-state index contributed by atoms with van der Waals surface area (Å²) in [5, 5.41) is -0.0764. The lowest BCUT2D eigenvalue weighted by Gasteiger charge is -2.23. The summed E-state index contributed by atoms with van der Waals surface area (Å²) in [5.41, 5.74) is 1.67. The number of carbonyl (C=O) groups is 1. The first-order valence-electron chi connectivity index (χ1n) is 11.7. The van der Waals surface area contributed by atoms with Gasteiger partial charge in [-0.25, -0.2) is 13.4 Å². The molecular formula is C27H29N3O6S. The van der Waals surface area contributed by atoms with Crippen molar-refractivity contribution in [1.82, 2.24) is 14.5 Å². The van der Waals surface area contributed by atoms with E-state index in [0.29, 0.717) is 28.3 Å². The Bertz CT molecular complexity index is 1420. The number of methoxy groups -OCH3 is 2. The normalized spacial score (nSPS) is 11.4. The van der Waals surface area contributed by atoms with Crippen molar-refractivity contribution in [2.75, 3.05) is 20.8 Å². The molecule has 0 aliphatic carbocycles. The number of aromatic nitrogens is 2. The maximum Gasteiger partial charge on any atom is 0.254 e. The molecule has 0 unspecified atom stereocenters. The first-order chi connectivity index (χ1) is 17.9. The van der Waals surface area contributed by atoms with Crippen molar-refractivity contribution in [3.05, 3.63) is 102 Å². The Kier molecular flexibility index (Phi) is 8.42. The molecule has 0 saturated heterocycles. The van der Waals surface area contributed by atoms with Crippen molar-refractivity contribution in [3.8, 4) is 5.75 Å². The number of hydrogen-bond acceptors (Lipinski definition) is 7. The first kappa shape index (κ1) is 26.2. The van der Waals surface area contributed by atoms with Gasteiger partial charge >= 0.3 is 0 Å². The smallest absolute Gasteiger partial charge is 0.254 e. The Morgan fingerprint density at radius 1 is 1.03 bits per heavy atom. The molecule has 2 aromatic heterocycles. The number of hydrogen-bond donors (Lipinski definition) is 0. The lowest BCUT2D eigenvalue weighted by atomic mass is 10.2. The van der Waals surface area contributed by atoms with Gasteiger partial charge in [0.2, 0.25) is 15.0 Å². The van der Waals surface area contributed by atoms with Crippen LogP contribution >= 0.6 is 0 Å². The van der Waals surface area contributed by atoms with Gasteiger partial charge in [0.25, 0.3) is 5.91 Å². The zero-order valence-corrected chi connectivity index (χ0v) is 21.6. The zero-order valence-electron chi connectivity index (χ0n) is 20.7. The molecule has 4 aromatic rings. The Morgan fingerprint density at radius 3 is 2.54 bits per heavy atom. The van der Waals surface area contributed by atoms with Gasteiger partial charge in [-0.3, -0.25) is 4.79 Å². The van der Waals surface area contributed by atoms with Crippen LogP contribution in [0.4, 0.5) is 0 Å². The van der Waals surface area contributed by atoms with Gasteiger partial charge in [-0.05, 0) is 42.0 Å². The van der Waals surface area contributed by atoms with E-state index in [1.165, 1.54) is 13.3 Å². The minimum atomic E-state index is -3.82. The molecule has 0 radical (unpaired) electrons. The summed E-state index contributed by atoms with van der Waals surface area (Å²) in [7, 11) is -0.743. The van der Waals surface area contributed by atoms with Crippen molar-refractivity contribution in [2.45, 2.75) is 30.5 Å². The number of sulfone groups is 1. The molecular weight excluding hydrogens is 494 g/mol. The largest absolute Gasteiger partial charge is 0.497 e. The van der Waals surface area contributed by atoms with Crippen LogP contribution in [0.15, 0.2) is 88.8 Å². The maximum absolute atomic E-state index is 13.4. The fraction of sp³-hybridized carbons (Fsp3) is 0.259. The molecule has 1 amide bonds. The van der Waals surface area contributed by atoms with Crippen LogP contribution in [0.25, 0.3) is 0 Å². The van der Waals surface area contributed by atoms with Gasteiger partial charge in [-0.1, -0.05) is 30.3 Å². The number of imidazole rings is 1. The Hall–Kier alpha value is -3.89. The average molecular weight is 524 g/mol. The summed E-state index contributed by atoms with van der Waals surface area (Å²) in [6, 6.07) is 19.4. The number of amides is 1. The fourth-order valence-electron chi connectivity index (χ4n) is 3.98. The van der Waals surface area contributed by atoms with E-state index in [0.717, 1.165) is 0 Å². The number of ether oxygens (including phenoxy) is 2. The van der Waals surface area contributed by atoms with Gasteiger partial charge in [-0.2, -0.15) is 0 Å². The van der Waals surface area contributed by atoms with Crippen LogP contribution in [0.2, 0.25) is 0 Å². The highest BCUT2D eigenvalue weighted by Gasteiger charge is 2.26. The Morgan fingerprint density at radius 2 is 1.84 bits per heavy atom. The van der Waals surface area contributed by atoms with E-state index in [-0.39, 0.29) is 43.1 Å². The Balaban J connectivity index is 1.67. The van der Waals surface area contributed by atoms with Gasteiger partial charge in [0.1, 0.15) is 11.5 Å². The highest BCUT2D eigenvalue weighted by molar-refractivity contribution is 7.90. The van der Waals surface area contributed by atoms with E-state index in [1.807, 2.05) is 6.07 Å². The lowest BCUT2D eigenvalue weighted by molar-refractivity contribution is 0.0712. The zero-order chi connectivity index (χ0) is 26.3. The van der Waals surface area contributed by atoms with E-state index in [2.05, 4.69) is 4.98 Å². The molecule has 0 saturated carbocycles. The van der Waals surface area contributed by atoms with Crippen LogP contribution in [0.1, 0.15) is 27.4 Å². The van der Waals surface area contributed by atoms with E-state index < -0.39 is 9.84 Å². The van der Waals surface area contributed by atoms with Crippen LogP contribution in [-0.4, -0.2) is 49.6 Å². The van der Waals surface area contributed by atoms with Crippen LogP contribution in [0.3, 0.4) is 0 Å². The second-order valence-electron chi connectivity index (χ2n) is 8.39. The Labute approximate surface area is 216 Å². The monoisotopic (exact) mass is 523 g/mol. The topological polar surface area (TPSA) is 104 Å². The molecule has 0 aliphatic rings. The molecule has 0 fully saturated rings. The highest BCUT2D eigenvalue weighted by Crippen LogP contribution is 2.22. The third-order valence-electron chi connectivity index (χ3n) is 5.78. The molecule has 37 heavy (non-hydrogen) atoms. The number of nitrogens with zero attached hydrogens (tertiary/aromatic N) is 3. The summed E-state index contributed by atoms with van der Waals surface area (Å²) in [4.78, 5) is 19.3. The summed E-state index contributed by atoms with van der Waals surface area (Å²) in [6.45, 7) is 0.865. The molecule has 10 heteroatoms. The van der Waals surface area contributed by atoms with Crippen LogP contribution in [-0.2, 0) is 40.0 Å². The van der Waals surface area contributed by atoms with Crippen molar-refractivity contribution in [2.24, 2.45) is 0 Å². The average Bonchev–Trinajstić information content (AvgIpc) is 3.57. The third-order valence-corrected chi connectivity index (χ3v) is 7.37. The summed E-state index contributed by atoms with van der Waals surface area (Å²) in [6.07, 6.45) is 3.05. The number of benzene rings is 2.